The summed E-state index contributed by atoms with van der Waals surface area (Å²) in [7, 11) is 0. The van der Waals surface area contributed by atoms with Gasteiger partial charge < -0.3 is 10.5 Å². The van der Waals surface area contributed by atoms with Crippen LogP contribution in [0.3, 0.4) is 0 Å². The molecule has 1 atom stereocenters. The third-order valence-electron chi connectivity index (χ3n) is 2.62. The summed E-state index contributed by atoms with van der Waals surface area (Å²) in [6.45, 7) is 4.96. The van der Waals surface area contributed by atoms with Crippen LogP contribution < -0.4 is 10.5 Å². The molecular formula is C13H21NO. The Morgan fingerprint density at radius 1 is 1.27 bits per heavy atom. The second kappa shape index (κ2) is 6.46. The van der Waals surface area contributed by atoms with Gasteiger partial charge in [-0.1, -0.05) is 32.0 Å². The van der Waals surface area contributed by atoms with Crippen LogP contribution in [0.15, 0.2) is 24.3 Å². The van der Waals surface area contributed by atoms with Crippen molar-refractivity contribution in [1.82, 2.24) is 0 Å². The molecule has 0 radical (unpaired) electrons. The van der Waals surface area contributed by atoms with E-state index < -0.39 is 0 Å². The fraction of sp³-hybridized carbons (Fsp3) is 0.538. The van der Waals surface area contributed by atoms with Crippen molar-refractivity contribution in [2.75, 3.05) is 6.61 Å². The van der Waals surface area contributed by atoms with E-state index in [0.29, 0.717) is 6.61 Å². The lowest BCUT2D eigenvalue weighted by atomic mass is 10.1. The predicted molar refractivity (Wildman–Crippen MR) is 64.2 cm³/mol. The van der Waals surface area contributed by atoms with Gasteiger partial charge in [0, 0.05) is 6.04 Å². The van der Waals surface area contributed by atoms with Gasteiger partial charge in [0.15, 0.2) is 0 Å². The van der Waals surface area contributed by atoms with Gasteiger partial charge in [0.05, 0.1) is 6.61 Å². The van der Waals surface area contributed by atoms with Crippen LogP contribution in [-0.2, 0) is 6.42 Å². The molecule has 15 heavy (non-hydrogen) atoms. The molecule has 2 nitrogen and oxygen atoms in total. The first kappa shape index (κ1) is 12.1. The van der Waals surface area contributed by atoms with Gasteiger partial charge in [0.1, 0.15) is 5.75 Å². The number of aryl methyl sites for hydroxylation is 1. The molecule has 0 bridgehead atoms. The minimum absolute atomic E-state index is 0.263. The van der Waals surface area contributed by atoms with Gasteiger partial charge in [-0.25, -0.2) is 0 Å². The monoisotopic (exact) mass is 207 g/mol. The standard InChI is InChI=1S/C13H21NO/c1-3-11-7-5-6-8-13(11)15-10-9-12(14)4-2/h5-8,12H,3-4,9-10,14H2,1-2H3. The van der Waals surface area contributed by atoms with Crippen LogP contribution in [0.1, 0.15) is 32.3 Å². The number of hydrogen-bond donors (Lipinski definition) is 1. The van der Waals surface area contributed by atoms with Crippen LogP contribution in [0.2, 0.25) is 0 Å². The summed E-state index contributed by atoms with van der Waals surface area (Å²) in [6, 6.07) is 8.45. The molecule has 1 aromatic rings. The van der Waals surface area contributed by atoms with E-state index in [9.17, 15) is 0 Å². The number of rotatable bonds is 6. The highest BCUT2D eigenvalue weighted by molar-refractivity contribution is 5.33. The molecular weight excluding hydrogens is 186 g/mol. The number of hydrogen-bond acceptors (Lipinski definition) is 2. The third-order valence-corrected chi connectivity index (χ3v) is 2.62. The van der Waals surface area contributed by atoms with Gasteiger partial charge in [-0.3, -0.25) is 0 Å². The first-order valence-corrected chi connectivity index (χ1v) is 5.74. The summed E-state index contributed by atoms with van der Waals surface area (Å²) >= 11 is 0. The van der Waals surface area contributed by atoms with Gasteiger partial charge in [-0.15, -0.1) is 0 Å². The lowest BCUT2D eigenvalue weighted by Crippen LogP contribution is -2.21. The van der Waals surface area contributed by atoms with Crippen molar-refractivity contribution < 1.29 is 4.74 Å². The highest BCUT2D eigenvalue weighted by Gasteiger charge is 2.02. The predicted octanol–water partition coefficient (Wildman–Crippen LogP) is 2.76. The fourth-order valence-electron chi connectivity index (χ4n) is 1.46. The van der Waals surface area contributed by atoms with Crippen molar-refractivity contribution in [3.63, 3.8) is 0 Å². The normalized spacial score (nSPS) is 12.5. The molecule has 0 aliphatic carbocycles. The van der Waals surface area contributed by atoms with Gasteiger partial charge >= 0.3 is 0 Å². The van der Waals surface area contributed by atoms with E-state index in [4.69, 9.17) is 10.5 Å². The van der Waals surface area contributed by atoms with Crippen molar-refractivity contribution in [3.8, 4) is 5.75 Å². The van der Waals surface area contributed by atoms with Gasteiger partial charge in [-0.05, 0) is 30.9 Å². The summed E-state index contributed by atoms with van der Waals surface area (Å²) in [5.74, 6) is 1.00. The van der Waals surface area contributed by atoms with Gasteiger partial charge in [-0.2, -0.15) is 0 Å². The number of ether oxygens (including phenoxy) is 1. The van der Waals surface area contributed by atoms with E-state index in [2.05, 4.69) is 19.9 Å². The average Bonchev–Trinajstić information content (AvgIpc) is 2.29. The zero-order chi connectivity index (χ0) is 11.1. The van der Waals surface area contributed by atoms with Gasteiger partial charge in [0.25, 0.3) is 0 Å². The Morgan fingerprint density at radius 3 is 2.67 bits per heavy atom. The van der Waals surface area contributed by atoms with Crippen molar-refractivity contribution in [3.05, 3.63) is 29.8 Å². The van der Waals surface area contributed by atoms with Crippen LogP contribution in [0.4, 0.5) is 0 Å². The molecule has 0 heterocycles. The Balaban J connectivity index is 2.43. The first-order valence-electron chi connectivity index (χ1n) is 5.74. The maximum Gasteiger partial charge on any atom is 0.122 e. The van der Waals surface area contributed by atoms with Gasteiger partial charge in [0.2, 0.25) is 0 Å². The fourth-order valence-corrected chi connectivity index (χ4v) is 1.46. The zero-order valence-electron chi connectivity index (χ0n) is 9.70. The molecule has 0 fully saturated rings. The summed E-state index contributed by atoms with van der Waals surface area (Å²) < 4.78 is 5.72. The van der Waals surface area contributed by atoms with E-state index in [0.717, 1.165) is 25.0 Å². The van der Waals surface area contributed by atoms with Crippen molar-refractivity contribution >= 4 is 0 Å². The second-order valence-corrected chi connectivity index (χ2v) is 3.77. The van der Waals surface area contributed by atoms with E-state index in [1.54, 1.807) is 0 Å². The van der Waals surface area contributed by atoms with E-state index in [1.807, 2.05) is 18.2 Å². The Kier molecular flexibility index (Phi) is 5.19. The minimum Gasteiger partial charge on any atom is -0.493 e. The molecule has 0 saturated carbocycles. The topological polar surface area (TPSA) is 35.2 Å². The molecule has 2 heteroatoms. The third kappa shape index (κ3) is 3.92. The molecule has 0 spiro atoms. The molecule has 0 aromatic heterocycles. The van der Waals surface area contributed by atoms with Crippen molar-refractivity contribution in [2.45, 2.75) is 39.2 Å². The van der Waals surface area contributed by atoms with E-state index in [1.165, 1.54) is 5.56 Å². The largest absolute Gasteiger partial charge is 0.493 e. The summed E-state index contributed by atoms with van der Waals surface area (Å²) in [5, 5.41) is 0. The Hall–Kier alpha value is -1.02. The number of para-hydroxylation sites is 1. The second-order valence-electron chi connectivity index (χ2n) is 3.77. The zero-order valence-corrected chi connectivity index (χ0v) is 9.70. The molecule has 84 valence electrons. The average molecular weight is 207 g/mol. The molecule has 0 amide bonds. The maximum atomic E-state index is 5.83. The molecule has 0 saturated heterocycles. The Morgan fingerprint density at radius 2 is 2.00 bits per heavy atom. The quantitative estimate of drug-likeness (QED) is 0.778. The number of nitrogens with two attached hydrogens (primary N) is 1. The summed E-state index contributed by atoms with van der Waals surface area (Å²) in [5.41, 5.74) is 7.09. The lowest BCUT2D eigenvalue weighted by molar-refractivity contribution is 0.293. The lowest BCUT2D eigenvalue weighted by Gasteiger charge is -2.12. The van der Waals surface area contributed by atoms with Crippen LogP contribution in [0, 0.1) is 0 Å². The van der Waals surface area contributed by atoms with E-state index in [-0.39, 0.29) is 6.04 Å². The number of benzene rings is 1. The van der Waals surface area contributed by atoms with Crippen LogP contribution >= 0.6 is 0 Å². The smallest absolute Gasteiger partial charge is 0.122 e. The summed E-state index contributed by atoms with van der Waals surface area (Å²) in [6.07, 6.45) is 2.95. The first-order chi connectivity index (χ1) is 7.27. The highest BCUT2D eigenvalue weighted by atomic mass is 16.5. The van der Waals surface area contributed by atoms with Crippen LogP contribution in [-0.4, -0.2) is 12.6 Å². The molecule has 2 N–H and O–H groups in total. The summed E-state index contributed by atoms with van der Waals surface area (Å²) in [4.78, 5) is 0. The molecule has 0 aliphatic rings. The Labute approximate surface area is 92.4 Å². The molecule has 1 rings (SSSR count). The molecule has 1 aromatic carbocycles. The SMILES string of the molecule is CCc1ccccc1OCCC(N)CC. The Bertz CT molecular complexity index is 286. The van der Waals surface area contributed by atoms with Crippen molar-refractivity contribution in [2.24, 2.45) is 5.73 Å². The molecule has 0 aliphatic heterocycles. The highest BCUT2D eigenvalue weighted by Crippen LogP contribution is 2.18. The van der Waals surface area contributed by atoms with E-state index >= 15 is 0 Å². The maximum absolute atomic E-state index is 5.83. The molecule has 1 unspecified atom stereocenters. The van der Waals surface area contributed by atoms with Crippen LogP contribution in [0.25, 0.3) is 0 Å². The minimum atomic E-state index is 0.263. The van der Waals surface area contributed by atoms with Crippen molar-refractivity contribution in [1.29, 1.82) is 0 Å². The van der Waals surface area contributed by atoms with Crippen LogP contribution in [0.5, 0.6) is 5.75 Å².